The van der Waals surface area contributed by atoms with Crippen LogP contribution in [0.5, 0.6) is 0 Å². The van der Waals surface area contributed by atoms with Gasteiger partial charge < -0.3 is 4.57 Å². The highest BCUT2D eigenvalue weighted by atomic mass is 79.9. The SMILES string of the molecule is Cn1c(CBr)nnc1-c1ccc2cc(Br)ccc2c1. The fourth-order valence-electron chi connectivity index (χ4n) is 2.08. The summed E-state index contributed by atoms with van der Waals surface area (Å²) in [4.78, 5) is 0. The molecule has 5 heteroatoms. The summed E-state index contributed by atoms with van der Waals surface area (Å²) in [5.41, 5.74) is 1.08. The minimum atomic E-state index is 0.705. The molecule has 0 aliphatic carbocycles. The van der Waals surface area contributed by atoms with Crippen LogP contribution in [-0.4, -0.2) is 14.8 Å². The second-order valence-corrected chi connectivity index (χ2v) is 5.82. The monoisotopic (exact) mass is 379 g/mol. The Morgan fingerprint density at radius 1 is 1.05 bits per heavy atom. The van der Waals surface area contributed by atoms with Crippen LogP contribution in [0.1, 0.15) is 5.82 Å². The minimum absolute atomic E-state index is 0.705. The Morgan fingerprint density at radius 3 is 2.53 bits per heavy atom. The van der Waals surface area contributed by atoms with Gasteiger partial charge in [0, 0.05) is 17.1 Å². The molecule has 96 valence electrons. The molecule has 0 amide bonds. The first-order valence-corrected chi connectivity index (χ1v) is 7.74. The quantitative estimate of drug-likeness (QED) is 0.621. The highest BCUT2D eigenvalue weighted by Crippen LogP contribution is 2.25. The highest BCUT2D eigenvalue weighted by Gasteiger charge is 2.10. The van der Waals surface area contributed by atoms with E-state index in [0.29, 0.717) is 5.33 Å². The Kier molecular flexibility index (Phi) is 3.41. The molecule has 0 fully saturated rings. The van der Waals surface area contributed by atoms with E-state index in [-0.39, 0.29) is 0 Å². The zero-order valence-electron chi connectivity index (χ0n) is 10.3. The molecule has 0 atom stereocenters. The van der Waals surface area contributed by atoms with Crippen LogP contribution in [0, 0.1) is 0 Å². The van der Waals surface area contributed by atoms with E-state index in [1.165, 1.54) is 10.8 Å². The number of hydrogen-bond donors (Lipinski definition) is 0. The smallest absolute Gasteiger partial charge is 0.163 e. The molecule has 0 aliphatic rings. The van der Waals surface area contributed by atoms with Gasteiger partial charge in [-0.1, -0.05) is 50.1 Å². The average Bonchev–Trinajstić information content (AvgIpc) is 2.79. The summed E-state index contributed by atoms with van der Waals surface area (Å²) in [7, 11) is 1.98. The van der Waals surface area contributed by atoms with E-state index >= 15 is 0 Å². The van der Waals surface area contributed by atoms with Crippen molar-refractivity contribution >= 4 is 42.6 Å². The van der Waals surface area contributed by atoms with Crippen LogP contribution >= 0.6 is 31.9 Å². The molecule has 3 aromatic rings. The van der Waals surface area contributed by atoms with Crippen molar-refractivity contribution in [3.8, 4) is 11.4 Å². The van der Waals surface area contributed by atoms with Gasteiger partial charge in [0.25, 0.3) is 0 Å². The maximum absolute atomic E-state index is 4.25. The Balaban J connectivity index is 2.15. The molecule has 2 aromatic carbocycles. The van der Waals surface area contributed by atoms with E-state index in [0.717, 1.165) is 21.7 Å². The molecule has 0 unspecified atom stereocenters. The van der Waals surface area contributed by atoms with Gasteiger partial charge in [-0.25, -0.2) is 0 Å². The number of rotatable bonds is 2. The molecule has 0 saturated heterocycles. The lowest BCUT2D eigenvalue weighted by Gasteiger charge is -2.05. The van der Waals surface area contributed by atoms with Crippen LogP contribution in [0.15, 0.2) is 40.9 Å². The summed E-state index contributed by atoms with van der Waals surface area (Å²) in [5.74, 6) is 1.81. The number of hydrogen-bond acceptors (Lipinski definition) is 2. The number of nitrogens with zero attached hydrogens (tertiary/aromatic N) is 3. The molecule has 1 aromatic heterocycles. The summed E-state index contributed by atoms with van der Waals surface area (Å²) in [6, 6.07) is 12.6. The molecular formula is C14H11Br2N3. The lowest BCUT2D eigenvalue weighted by Crippen LogP contribution is -1.97. The predicted octanol–water partition coefficient (Wildman–Crippen LogP) is 4.29. The molecule has 0 bridgehead atoms. The van der Waals surface area contributed by atoms with E-state index in [1.807, 2.05) is 17.7 Å². The first-order valence-electron chi connectivity index (χ1n) is 5.83. The number of fused-ring (bicyclic) bond motifs is 1. The van der Waals surface area contributed by atoms with E-state index in [4.69, 9.17) is 0 Å². The van der Waals surface area contributed by atoms with Gasteiger partial charge in [0.05, 0.1) is 5.33 Å². The number of halogens is 2. The lowest BCUT2D eigenvalue weighted by molar-refractivity contribution is 0.859. The highest BCUT2D eigenvalue weighted by molar-refractivity contribution is 9.10. The molecule has 3 nitrogen and oxygen atoms in total. The van der Waals surface area contributed by atoms with E-state index < -0.39 is 0 Å². The van der Waals surface area contributed by atoms with Crippen LogP contribution in [0.2, 0.25) is 0 Å². The summed E-state index contributed by atoms with van der Waals surface area (Å²) in [6.07, 6.45) is 0. The van der Waals surface area contributed by atoms with Crippen LogP contribution < -0.4 is 0 Å². The van der Waals surface area contributed by atoms with Crippen molar-refractivity contribution in [2.24, 2.45) is 7.05 Å². The first-order chi connectivity index (χ1) is 9.19. The van der Waals surface area contributed by atoms with Crippen molar-refractivity contribution in [2.45, 2.75) is 5.33 Å². The molecule has 0 saturated carbocycles. The second-order valence-electron chi connectivity index (χ2n) is 4.34. The Bertz CT molecular complexity index is 750. The fraction of sp³-hybridized carbons (Fsp3) is 0.143. The Hall–Kier alpha value is -1.20. The van der Waals surface area contributed by atoms with Crippen molar-refractivity contribution in [1.82, 2.24) is 14.8 Å². The number of aromatic nitrogens is 3. The normalized spacial score (nSPS) is 11.1. The van der Waals surface area contributed by atoms with E-state index in [9.17, 15) is 0 Å². The molecule has 0 aliphatic heterocycles. The summed E-state index contributed by atoms with van der Waals surface area (Å²) in [6.45, 7) is 0. The van der Waals surface area contributed by atoms with Crippen molar-refractivity contribution in [1.29, 1.82) is 0 Å². The third-order valence-corrected chi connectivity index (χ3v) is 4.14. The largest absolute Gasteiger partial charge is 0.313 e. The first kappa shape index (κ1) is 12.8. The Labute approximate surface area is 127 Å². The molecule has 0 radical (unpaired) electrons. The molecular weight excluding hydrogens is 370 g/mol. The van der Waals surface area contributed by atoms with Crippen molar-refractivity contribution in [3.63, 3.8) is 0 Å². The third kappa shape index (κ3) is 2.32. The number of alkyl halides is 1. The maximum Gasteiger partial charge on any atom is 0.163 e. The predicted molar refractivity (Wildman–Crippen MR) is 84.3 cm³/mol. The summed E-state index contributed by atoms with van der Waals surface area (Å²) >= 11 is 6.90. The van der Waals surface area contributed by atoms with Gasteiger partial charge in [-0.15, -0.1) is 10.2 Å². The van der Waals surface area contributed by atoms with Crippen molar-refractivity contribution < 1.29 is 0 Å². The maximum atomic E-state index is 4.25. The third-order valence-electron chi connectivity index (χ3n) is 3.15. The second kappa shape index (κ2) is 5.06. The van der Waals surface area contributed by atoms with Crippen molar-refractivity contribution in [3.05, 3.63) is 46.7 Å². The van der Waals surface area contributed by atoms with Gasteiger partial charge in [0.2, 0.25) is 0 Å². The molecule has 3 rings (SSSR count). The van der Waals surface area contributed by atoms with Crippen LogP contribution in [-0.2, 0) is 12.4 Å². The molecule has 0 spiro atoms. The molecule has 19 heavy (non-hydrogen) atoms. The number of benzene rings is 2. The van der Waals surface area contributed by atoms with Crippen LogP contribution in [0.25, 0.3) is 22.2 Å². The zero-order valence-corrected chi connectivity index (χ0v) is 13.4. The topological polar surface area (TPSA) is 30.7 Å². The van der Waals surface area contributed by atoms with Gasteiger partial charge >= 0.3 is 0 Å². The average molecular weight is 381 g/mol. The Morgan fingerprint density at radius 2 is 1.79 bits per heavy atom. The van der Waals surface area contributed by atoms with Gasteiger partial charge in [0.15, 0.2) is 5.82 Å². The fourth-order valence-corrected chi connectivity index (χ4v) is 2.95. The summed E-state index contributed by atoms with van der Waals surface area (Å²) < 4.78 is 3.10. The molecule has 1 heterocycles. The van der Waals surface area contributed by atoms with E-state index in [1.54, 1.807) is 0 Å². The van der Waals surface area contributed by atoms with Crippen LogP contribution in [0.4, 0.5) is 0 Å². The van der Waals surface area contributed by atoms with Gasteiger partial charge in [-0.2, -0.15) is 0 Å². The van der Waals surface area contributed by atoms with Gasteiger partial charge in [-0.05, 0) is 29.0 Å². The van der Waals surface area contributed by atoms with E-state index in [2.05, 4.69) is 72.4 Å². The zero-order chi connectivity index (χ0) is 13.4. The summed E-state index contributed by atoms with van der Waals surface area (Å²) in [5, 5.41) is 11.5. The lowest BCUT2D eigenvalue weighted by atomic mass is 10.1. The molecule has 0 N–H and O–H groups in total. The minimum Gasteiger partial charge on any atom is -0.313 e. The standard InChI is InChI=1S/C14H11Br2N3/c1-19-13(8-15)17-18-14(19)11-3-2-10-7-12(16)5-4-9(10)6-11/h2-7H,8H2,1H3. The van der Waals surface area contributed by atoms with Crippen molar-refractivity contribution in [2.75, 3.05) is 0 Å². The van der Waals surface area contributed by atoms with Crippen LogP contribution in [0.3, 0.4) is 0 Å². The van der Waals surface area contributed by atoms with Gasteiger partial charge in [-0.3, -0.25) is 0 Å². The van der Waals surface area contributed by atoms with Gasteiger partial charge in [0.1, 0.15) is 5.82 Å².